The second kappa shape index (κ2) is 12.6. The van der Waals surface area contributed by atoms with E-state index in [1.165, 1.54) is 12.1 Å². The summed E-state index contributed by atoms with van der Waals surface area (Å²) in [5, 5.41) is 6.55. The molecule has 0 bridgehead atoms. The number of rotatable bonds is 10. The Bertz CT molecular complexity index is 870. The van der Waals surface area contributed by atoms with Gasteiger partial charge in [-0.1, -0.05) is 25.1 Å². The molecule has 1 unspecified atom stereocenters. The monoisotopic (exact) mass is 428 g/mol. The smallest absolute Gasteiger partial charge is 0.253 e. The zero-order valence-corrected chi connectivity index (χ0v) is 18.8. The first kappa shape index (κ1) is 24.2. The van der Waals surface area contributed by atoms with Gasteiger partial charge in [0.1, 0.15) is 17.7 Å². The number of carbonyl (C=O) groups excluding carboxylic acids is 1. The van der Waals surface area contributed by atoms with Crippen molar-refractivity contribution in [2.45, 2.75) is 32.8 Å². The molecule has 0 saturated heterocycles. The Balaban J connectivity index is 1.92. The number of nitrogens with one attached hydrogen (secondary N) is 2. The topological polar surface area (TPSA) is 66.0 Å². The minimum Gasteiger partial charge on any atom is -0.488 e. The maximum Gasteiger partial charge on any atom is 0.253 e. The van der Waals surface area contributed by atoms with E-state index in [1.807, 2.05) is 38.1 Å². The van der Waals surface area contributed by atoms with Crippen molar-refractivity contribution in [2.75, 3.05) is 33.7 Å². The lowest BCUT2D eigenvalue weighted by Gasteiger charge is -2.17. The highest BCUT2D eigenvalue weighted by Gasteiger charge is 2.10. The van der Waals surface area contributed by atoms with Gasteiger partial charge in [-0.05, 0) is 49.6 Å². The van der Waals surface area contributed by atoms with Crippen LogP contribution in [0.1, 0.15) is 36.2 Å². The van der Waals surface area contributed by atoms with Gasteiger partial charge in [-0.3, -0.25) is 4.79 Å². The van der Waals surface area contributed by atoms with E-state index < -0.39 is 0 Å². The summed E-state index contributed by atoms with van der Waals surface area (Å²) in [6.07, 6.45) is 1.37. The summed E-state index contributed by atoms with van der Waals surface area (Å²) in [6, 6.07) is 13.8. The number of carbonyl (C=O) groups is 1. The van der Waals surface area contributed by atoms with E-state index >= 15 is 0 Å². The zero-order valence-electron chi connectivity index (χ0n) is 18.8. The molecule has 6 nitrogen and oxygen atoms in total. The van der Waals surface area contributed by atoms with E-state index in [-0.39, 0.29) is 17.8 Å². The molecule has 0 aliphatic heterocycles. The van der Waals surface area contributed by atoms with Crippen molar-refractivity contribution >= 4 is 11.9 Å². The first-order valence-electron chi connectivity index (χ1n) is 10.7. The number of ether oxygens (including phenoxy) is 1. The van der Waals surface area contributed by atoms with Crippen molar-refractivity contribution in [3.8, 4) is 5.75 Å². The van der Waals surface area contributed by atoms with Crippen LogP contribution in [-0.2, 0) is 6.42 Å². The number of amides is 1. The van der Waals surface area contributed by atoms with Gasteiger partial charge < -0.3 is 20.3 Å². The third kappa shape index (κ3) is 8.28. The average Bonchev–Trinajstić information content (AvgIpc) is 2.76. The third-order valence-electron chi connectivity index (χ3n) is 4.64. The molecule has 0 heterocycles. The van der Waals surface area contributed by atoms with Crippen molar-refractivity contribution in [1.82, 2.24) is 15.5 Å². The Morgan fingerprint density at radius 2 is 1.90 bits per heavy atom. The highest BCUT2D eigenvalue weighted by Crippen LogP contribution is 2.15. The fourth-order valence-electron chi connectivity index (χ4n) is 2.96. The summed E-state index contributed by atoms with van der Waals surface area (Å²) >= 11 is 0. The molecule has 1 atom stereocenters. The molecule has 31 heavy (non-hydrogen) atoms. The molecule has 2 aromatic carbocycles. The van der Waals surface area contributed by atoms with Crippen LogP contribution in [0.4, 0.5) is 4.39 Å². The number of hydrogen-bond donors (Lipinski definition) is 2. The van der Waals surface area contributed by atoms with Crippen molar-refractivity contribution in [1.29, 1.82) is 0 Å². The van der Waals surface area contributed by atoms with Gasteiger partial charge in [0.25, 0.3) is 5.91 Å². The van der Waals surface area contributed by atoms with Crippen molar-refractivity contribution in [2.24, 2.45) is 4.99 Å². The first-order valence-corrected chi connectivity index (χ1v) is 10.7. The van der Waals surface area contributed by atoms with Gasteiger partial charge in [0.2, 0.25) is 0 Å². The van der Waals surface area contributed by atoms with Crippen LogP contribution in [0.25, 0.3) is 0 Å². The van der Waals surface area contributed by atoms with Crippen molar-refractivity contribution < 1.29 is 13.9 Å². The van der Waals surface area contributed by atoms with E-state index in [9.17, 15) is 9.18 Å². The SMILES string of the molecule is CCNC(=NCC(CC)Oc1cccc(F)c1)NCCc1cccc(C(=O)N(C)C)c1. The molecule has 0 aliphatic carbocycles. The molecule has 0 fully saturated rings. The normalized spacial score (nSPS) is 12.2. The second-order valence-electron chi connectivity index (χ2n) is 7.40. The van der Waals surface area contributed by atoms with Gasteiger partial charge in [0, 0.05) is 38.8 Å². The van der Waals surface area contributed by atoms with E-state index in [1.54, 1.807) is 31.1 Å². The summed E-state index contributed by atoms with van der Waals surface area (Å²) < 4.78 is 19.2. The molecule has 168 valence electrons. The summed E-state index contributed by atoms with van der Waals surface area (Å²) in [7, 11) is 3.49. The van der Waals surface area contributed by atoms with E-state index in [2.05, 4.69) is 15.6 Å². The summed E-state index contributed by atoms with van der Waals surface area (Å²) in [4.78, 5) is 18.3. The Kier molecular flexibility index (Phi) is 9.81. The van der Waals surface area contributed by atoms with Crippen LogP contribution in [-0.4, -0.2) is 56.6 Å². The van der Waals surface area contributed by atoms with Crippen LogP contribution >= 0.6 is 0 Å². The number of halogens is 1. The molecule has 2 rings (SSSR count). The van der Waals surface area contributed by atoms with Gasteiger partial charge in [-0.15, -0.1) is 0 Å². The maximum absolute atomic E-state index is 13.4. The van der Waals surface area contributed by atoms with Crippen LogP contribution in [0, 0.1) is 5.82 Å². The van der Waals surface area contributed by atoms with Gasteiger partial charge >= 0.3 is 0 Å². The second-order valence-corrected chi connectivity index (χ2v) is 7.40. The number of hydrogen-bond acceptors (Lipinski definition) is 3. The van der Waals surface area contributed by atoms with Crippen LogP contribution in [0.5, 0.6) is 5.75 Å². The quantitative estimate of drug-likeness (QED) is 0.449. The number of nitrogens with zero attached hydrogens (tertiary/aromatic N) is 2. The molecule has 1 amide bonds. The number of benzene rings is 2. The van der Waals surface area contributed by atoms with E-state index in [0.717, 1.165) is 24.9 Å². The zero-order chi connectivity index (χ0) is 22.6. The highest BCUT2D eigenvalue weighted by atomic mass is 19.1. The summed E-state index contributed by atoms with van der Waals surface area (Å²) in [5.74, 6) is 0.882. The minimum atomic E-state index is -0.317. The maximum atomic E-state index is 13.4. The lowest BCUT2D eigenvalue weighted by atomic mass is 10.1. The molecule has 0 spiro atoms. The highest BCUT2D eigenvalue weighted by molar-refractivity contribution is 5.94. The molecule has 0 radical (unpaired) electrons. The Hall–Kier alpha value is -3.09. The molecule has 2 aromatic rings. The van der Waals surface area contributed by atoms with Gasteiger partial charge in [-0.2, -0.15) is 0 Å². The van der Waals surface area contributed by atoms with Crippen LogP contribution in [0.3, 0.4) is 0 Å². The predicted octanol–water partition coefficient (Wildman–Crippen LogP) is 3.48. The van der Waals surface area contributed by atoms with Crippen molar-refractivity contribution in [3.05, 3.63) is 65.5 Å². The van der Waals surface area contributed by atoms with Crippen LogP contribution in [0.2, 0.25) is 0 Å². The largest absolute Gasteiger partial charge is 0.488 e. The van der Waals surface area contributed by atoms with E-state index in [0.29, 0.717) is 30.4 Å². The predicted molar refractivity (Wildman–Crippen MR) is 123 cm³/mol. The third-order valence-corrected chi connectivity index (χ3v) is 4.64. The number of guanidine groups is 1. The Morgan fingerprint density at radius 3 is 2.58 bits per heavy atom. The summed E-state index contributed by atoms with van der Waals surface area (Å²) in [5.41, 5.74) is 1.76. The Labute approximate surface area is 184 Å². The van der Waals surface area contributed by atoms with Gasteiger partial charge in [0.15, 0.2) is 5.96 Å². The molecular formula is C24H33FN4O2. The molecule has 2 N–H and O–H groups in total. The van der Waals surface area contributed by atoms with Crippen LogP contribution in [0.15, 0.2) is 53.5 Å². The molecule has 7 heteroatoms. The molecule has 0 aliphatic rings. The fourth-order valence-corrected chi connectivity index (χ4v) is 2.96. The van der Waals surface area contributed by atoms with Gasteiger partial charge in [-0.25, -0.2) is 9.38 Å². The molecular weight excluding hydrogens is 395 g/mol. The van der Waals surface area contributed by atoms with Crippen molar-refractivity contribution in [3.63, 3.8) is 0 Å². The fraction of sp³-hybridized carbons (Fsp3) is 0.417. The Morgan fingerprint density at radius 1 is 1.13 bits per heavy atom. The standard InChI is InChI=1S/C24H33FN4O2/c1-5-21(31-22-12-8-11-20(25)16-22)17-28-24(26-6-2)27-14-13-18-9-7-10-19(15-18)23(30)29(3)4/h7-12,15-16,21H,5-6,13-14,17H2,1-4H3,(H2,26,27,28). The first-order chi connectivity index (χ1) is 14.9. The summed E-state index contributed by atoms with van der Waals surface area (Å²) in [6.45, 7) is 5.89. The van der Waals surface area contributed by atoms with Gasteiger partial charge in [0.05, 0.1) is 6.54 Å². The lowest BCUT2D eigenvalue weighted by Crippen LogP contribution is -2.39. The number of aliphatic imine (C=N–C) groups is 1. The van der Waals surface area contributed by atoms with E-state index in [4.69, 9.17) is 4.74 Å². The lowest BCUT2D eigenvalue weighted by molar-refractivity contribution is 0.0827. The van der Waals surface area contributed by atoms with Crippen LogP contribution < -0.4 is 15.4 Å². The molecule has 0 aromatic heterocycles. The minimum absolute atomic E-state index is 0.00591. The molecule has 0 saturated carbocycles. The average molecular weight is 429 g/mol.